The van der Waals surface area contributed by atoms with Crippen molar-refractivity contribution in [1.82, 2.24) is 0 Å². The second kappa shape index (κ2) is 4.29. The molecule has 3 nitrogen and oxygen atoms in total. The number of sulfone groups is 1. The molecule has 0 fully saturated rings. The molecule has 1 aromatic carbocycles. The van der Waals surface area contributed by atoms with E-state index >= 15 is 0 Å². The lowest BCUT2D eigenvalue weighted by Gasteiger charge is -2.07. The molecule has 0 radical (unpaired) electrons. The maximum Gasteiger partial charge on any atom is 0.194 e. The number of benzene rings is 1. The topological polar surface area (TPSA) is 60.2 Å². The van der Waals surface area contributed by atoms with Crippen LogP contribution in [0.1, 0.15) is 12.5 Å². The Morgan fingerprint density at radius 2 is 2.14 bits per heavy atom. The minimum Gasteiger partial charge on any atom is -0.326 e. The summed E-state index contributed by atoms with van der Waals surface area (Å²) in [5, 5.41) is 0. The van der Waals surface area contributed by atoms with Gasteiger partial charge < -0.3 is 5.73 Å². The van der Waals surface area contributed by atoms with E-state index in [2.05, 4.69) is 0 Å². The van der Waals surface area contributed by atoms with Crippen LogP contribution in [0.25, 0.3) is 0 Å². The first-order valence-corrected chi connectivity index (χ1v) is 6.13. The zero-order chi connectivity index (χ0) is 10.8. The van der Waals surface area contributed by atoms with Gasteiger partial charge in [0.15, 0.2) is 9.84 Å². The van der Waals surface area contributed by atoms with Crippen LogP contribution >= 0.6 is 11.6 Å². The molecule has 14 heavy (non-hydrogen) atoms. The highest BCUT2D eigenvalue weighted by Crippen LogP contribution is 2.19. The van der Waals surface area contributed by atoms with Crippen molar-refractivity contribution in [3.05, 3.63) is 29.8 Å². The van der Waals surface area contributed by atoms with Gasteiger partial charge in [0.05, 0.1) is 4.90 Å². The lowest BCUT2D eigenvalue weighted by molar-refractivity contribution is 0.594. The second-order valence-corrected chi connectivity index (χ2v) is 6.12. The molecule has 0 heterocycles. The van der Waals surface area contributed by atoms with Crippen LogP contribution in [0.2, 0.25) is 0 Å². The molecule has 1 unspecified atom stereocenters. The van der Waals surface area contributed by atoms with Gasteiger partial charge in [-0.3, -0.25) is 0 Å². The maximum absolute atomic E-state index is 11.6. The smallest absolute Gasteiger partial charge is 0.194 e. The van der Waals surface area contributed by atoms with E-state index in [0.29, 0.717) is 6.54 Å². The molecule has 0 amide bonds. The standard InChI is InChI=1S/C9H12ClNO2S/c1-7(10)14(12,13)9-4-2-3-8(5-9)6-11/h2-5,7H,6,11H2,1H3. The average Bonchev–Trinajstić information content (AvgIpc) is 2.17. The average molecular weight is 234 g/mol. The second-order valence-electron chi connectivity index (χ2n) is 2.94. The normalized spacial score (nSPS) is 13.9. The summed E-state index contributed by atoms with van der Waals surface area (Å²) in [6.45, 7) is 1.76. The van der Waals surface area contributed by atoms with Crippen molar-refractivity contribution in [2.24, 2.45) is 5.73 Å². The Labute approximate surface area is 88.8 Å². The van der Waals surface area contributed by atoms with Gasteiger partial charge in [-0.1, -0.05) is 12.1 Å². The lowest BCUT2D eigenvalue weighted by Crippen LogP contribution is -2.12. The monoisotopic (exact) mass is 233 g/mol. The van der Waals surface area contributed by atoms with Crippen molar-refractivity contribution in [2.75, 3.05) is 0 Å². The molecule has 0 aromatic heterocycles. The number of nitrogens with two attached hydrogens (primary N) is 1. The molecule has 1 aromatic rings. The van der Waals surface area contributed by atoms with Crippen molar-refractivity contribution in [1.29, 1.82) is 0 Å². The summed E-state index contributed by atoms with van der Waals surface area (Å²) in [5.41, 5.74) is 6.19. The molecule has 0 spiro atoms. The van der Waals surface area contributed by atoms with Gasteiger partial charge in [0, 0.05) is 6.54 Å². The molecule has 0 saturated carbocycles. The van der Waals surface area contributed by atoms with E-state index in [0.717, 1.165) is 5.56 Å². The molecule has 2 N–H and O–H groups in total. The van der Waals surface area contributed by atoms with Gasteiger partial charge in [-0.25, -0.2) is 8.42 Å². The molecular weight excluding hydrogens is 222 g/mol. The fraction of sp³-hybridized carbons (Fsp3) is 0.333. The van der Waals surface area contributed by atoms with Crippen molar-refractivity contribution in [3.63, 3.8) is 0 Å². The van der Waals surface area contributed by atoms with E-state index < -0.39 is 14.5 Å². The van der Waals surface area contributed by atoms with Gasteiger partial charge in [0.1, 0.15) is 4.71 Å². The van der Waals surface area contributed by atoms with Crippen LogP contribution in [-0.4, -0.2) is 13.1 Å². The fourth-order valence-electron chi connectivity index (χ4n) is 1.04. The third-order valence-electron chi connectivity index (χ3n) is 1.89. The highest BCUT2D eigenvalue weighted by molar-refractivity contribution is 7.93. The van der Waals surface area contributed by atoms with Crippen LogP contribution in [-0.2, 0) is 16.4 Å². The Hall–Kier alpha value is -0.580. The molecule has 0 aliphatic rings. The van der Waals surface area contributed by atoms with Gasteiger partial charge in [-0.2, -0.15) is 0 Å². The molecule has 0 saturated heterocycles. The summed E-state index contributed by atoms with van der Waals surface area (Å²) in [6, 6.07) is 6.51. The first-order chi connectivity index (χ1) is 6.48. The van der Waals surface area contributed by atoms with Gasteiger partial charge in [0.2, 0.25) is 0 Å². The van der Waals surface area contributed by atoms with Crippen LogP contribution in [0, 0.1) is 0 Å². The van der Waals surface area contributed by atoms with Crippen LogP contribution in [0.15, 0.2) is 29.2 Å². The first kappa shape index (κ1) is 11.5. The van der Waals surface area contributed by atoms with Gasteiger partial charge >= 0.3 is 0 Å². The number of hydrogen-bond donors (Lipinski definition) is 1. The Kier molecular flexibility index (Phi) is 3.53. The predicted octanol–water partition coefficient (Wildman–Crippen LogP) is 1.50. The maximum atomic E-state index is 11.6. The molecule has 0 bridgehead atoms. The van der Waals surface area contributed by atoms with Crippen molar-refractivity contribution in [2.45, 2.75) is 23.1 Å². The Bertz CT molecular complexity index is 415. The van der Waals surface area contributed by atoms with Gasteiger partial charge in [-0.15, -0.1) is 11.6 Å². The zero-order valence-electron chi connectivity index (χ0n) is 7.77. The van der Waals surface area contributed by atoms with Crippen molar-refractivity contribution in [3.8, 4) is 0 Å². The van der Waals surface area contributed by atoms with E-state index in [4.69, 9.17) is 17.3 Å². The summed E-state index contributed by atoms with van der Waals surface area (Å²) in [5.74, 6) is 0. The molecule has 5 heteroatoms. The van der Waals surface area contributed by atoms with E-state index in [1.54, 1.807) is 18.2 Å². The highest BCUT2D eigenvalue weighted by Gasteiger charge is 2.20. The zero-order valence-corrected chi connectivity index (χ0v) is 9.35. The van der Waals surface area contributed by atoms with E-state index in [-0.39, 0.29) is 4.90 Å². The number of hydrogen-bond acceptors (Lipinski definition) is 3. The first-order valence-electron chi connectivity index (χ1n) is 4.15. The van der Waals surface area contributed by atoms with Gasteiger partial charge in [-0.05, 0) is 24.6 Å². The van der Waals surface area contributed by atoms with Crippen LogP contribution in [0.3, 0.4) is 0 Å². The Morgan fingerprint density at radius 3 is 2.64 bits per heavy atom. The summed E-state index contributed by atoms with van der Waals surface area (Å²) < 4.78 is 22.3. The SMILES string of the molecule is CC(Cl)S(=O)(=O)c1cccc(CN)c1. The summed E-state index contributed by atoms with van der Waals surface area (Å²) in [6.07, 6.45) is 0. The third-order valence-corrected chi connectivity index (χ3v) is 4.36. The summed E-state index contributed by atoms with van der Waals surface area (Å²) in [4.78, 5) is 0.225. The minimum absolute atomic E-state index is 0.225. The predicted molar refractivity (Wildman–Crippen MR) is 56.8 cm³/mol. The third kappa shape index (κ3) is 2.26. The van der Waals surface area contributed by atoms with E-state index in [1.807, 2.05) is 0 Å². The fourth-order valence-corrected chi connectivity index (χ4v) is 2.30. The van der Waals surface area contributed by atoms with E-state index in [1.165, 1.54) is 13.0 Å². The van der Waals surface area contributed by atoms with Crippen molar-refractivity contribution >= 4 is 21.4 Å². The number of halogens is 1. The van der Waals surface area contributed by atoms with Crippen molar-refractivity contribution < 1.29 is 8.42 Å². The molecule has 78 valence electrons. The molecule has 0 aliphatic heterocycles. The summed E-state index contributed by atoms with van der Waals surface area (Å²) >= 11 is 5.58. The minimum atomic E-state index is -3.40. The Morgan fingerprint density at radius 1 is 1.50 bits per heavy atom. The van der Waals surface area contributed by atoms with Crippen LogP contribution in [0.4, 0.5) is 0 Å². The number of rotatable bonds is 3. The molecular formula is C9H12ClNO2S. The lowest BCUT2D eigenvalue weighted by atomic mass is 10.2. The quantitative estimate of drug-likeness (QED) is 0.805. The summed E-state index contributed by atoms with van der Waals surface area (Å²) in [7, 11) is -3.40. The largest absolute Gasteiger partial charge is 0.326 e. The van der Waals surface area contributed by atoms with Gasteiger partial charge in [0.25, 0.3) is 0 Å². The Balaban J connectivity index is 3.20. The van der Waals surface area contributed by atoms with Crippen LogP contribution in [0.5, 0.6) is 0 Å². The highest BCUT2D eigenvalue weighted by atomic mass is 35.5. The van der Waals surface area contributed by atoms with Crippen LogP contribution < -0.4 is 5.73 Å². The number of alkyl halides is 1. The molecule has 1 rings (SSSR count). The van der Waals surface area contributed by atoms with E-state index in [9.17, 15) is 8.42 Å². The molecule has 1 atom stereocenters. The molecule has 0 aliphatic carbocycles.